The predicted molar refractivity (Wildman–Crippen MR) is 86.6 cm³/mol. The van der Waals surface area contributed by atoms with E-state index in [2.05, 4.69) is 0 Å². The highest BCUT2D eigenvalue weighted by Crippen LogP contribution is 2.25. The van der Waals surface area contributed by atoms with E-state index in [0.29, 0.717) is 18.5 Å². The average Bonchev–Trinajstić information content (AvgIpc) is 2.50. The molecule has 2 amide bonds. The van der Waals surface area contributed by atoms with Crippen LogP contribution < -0.4 is 4.74 Å². The number of amides is 2. The van der Waals surface area contributed by atoms with Crippen molar-refractivity contribution in [2.24, 2.45) is 0 Å². The molecule has 4 heteroatoms. The molecule has 4 nitrogen and oxygen atoms in total. The second-order valence-corrected chi connectivity index (χ2v) is 5.48. The number of methoxy groups -OCH3 is 1. The summed E-state index contributed by atoms with van der Waals surface area (Å²) in [5.41, 5.74) is 3.61. The van der Waals surface area contributed by atoms with Crippen molar-refractivity contribution in [2.45, 2.75) is 27.2 Å². The van der Waals surface area contributed by atoms with Gasteiger partial charge in [-0.05, 0) is 62.1 Å². The van der Waals surface area contributed by atoms with Crippen molar-refractivity contribution in [3.05, 3.63) is 46.5 Å². The molecule has 0 saturated carbocycles. The fourth-order valence-corrected chi connectivity index (χ4v) is 2.46. The van der Waals surface area contributed by atoms with Crippen molar-refractivity contribution in [3.63, 3.8) is 0 Å². The van der Waals surface area contributed by atoms with Gasteiger partial charge in [0.2, 0.25) is 0 Å². The Balaban J connectivity index is 2.29. The minimum absolute atomic E-state index is 0.244. The lowest BCUT2D eigenvalue weighted by Crippen LogP contribution is -2.38. The third-order valence-corrected chi connectivity index (χ3v) is 3.87. The number of hydrogen-bond acceptors (Lipinski definition) is 3. The zero-order chi connectivity index (χ0) is 16.3. The van der Waals surface area contributed by atoms with Crippen molar-refractivity contribution >= 4 is 17.9 Å². The highest BCUT2D eigenvalue weighted by molar-refractivity contribution is 6.09. The molecule has 0 spiro atoms. The van der Waals surface area contributed by atoms with Gasteiger partial charge < -0.3 is 4.74 Å². The van der Waals surface area contributed by atoms with E-state index in [-0.39, 0.29) is 11.8 Å². The van der Waals surface area contributed by atoms with Gasteiger partial charge in [-0.1, -0.05) is 12.1 Å². The van der Waals surface area contributed by atoms with Crippen LogP contribution in [0.1, 0.15) is 30.0 Å². The van der Waals surface area contributed by atoms with Crippen molar-refractivity contribution in [1.29, 1.82) is 0 Å². The summed E-state index contributed by atoms with van der Waals surface area (Å²) in [5.74, 6) is 0.302. The Morgan fingerprint density at radius 3 is 2.68 bits per heavy atom. The topological polar surface area (TPSA) is 46.6 Å². The first-order chi connectivity index (χ1) is 10.4. The third kappa shape index (κ3) is 3.27. The Morgan fingerprint density at radius 1 is 1.32 bits per heavy atom. The summed E-state index contributed by atoms with van der Waals surface area (Å²) >= 11 is 0. The number of benzene rings is 1. The van der Waals surface area contributed by atoms with Crippen LogP contribution in [0.2, 0.25) is 0 Å². The van der Waals surface area contributed by atoms with E-state index < -0.39 is 0 Å². The van der Waals surface area contributed by atoms with Crippen molar-refractivity contribution in [1.82, 2.24) is 4.90 Å². The Morgan fingerprint density at radius 2 is 2.05 bits per heavy atom. The van der Waals surface area contributed by atoms with E-state index in [4.69, 9.17) is 4.74 Å². The van der Waals surface area contributed by atoms with Crippen LogP contribution in [0.4, 0.5) is 0 Å². The van der Waals surface area contributed by atoms with E-state index in [9.17, 15) is 9.59 Å². The summed E-state index contributed by atoms with van der Waals surface area (Å²) in [4.78, 5) is 25.4. The molecule has 0 unspecified atom stereocenters. The highest BCUT2D eigenvalue weighted by atomic mass is 16.5. The first-order valence-electron chi connectivity index (χ1n) is 7.30. The van der Waals surface area contributed by atoms with Crippen LogP contribution >= 0.6 is 0 Å². The number of aryl methyl sites for hydroxylation is 1. The monoisotopic (exact) mass is 299 g/mol. The molecule has 1 aliphatic heterocycles. The van der Waals surface area contributed by atoms with Gasteiger partial charge in [-0.3, -0.25) is 14.5 Å². The van der Waals surface area contributed by atoms with E-state index in [1.165, 1.54) is 11.0 Å². The molecule has 0 N–H and O–H groups in total. The molecule has 2 rings (SSSR count). The number of hydrogen-bond donors (Lipinski definition) is 0. The molecule has 116 valence electrons. The van der Waals surface area contributed by atoms with Crippen LogP contribution in [0.3, 0.4) is 0 Å². The van der Waals surface area contributed by atoms with Crippen molar-refractivity contribution < 1.29 is 14.3 Å². The zero-order valence-electron chi connectivity index (χ0n) is 13.5. The lowest BCUT2D eigenvalue weighted by molar-refractivity contribution is -0.139. The number of nitrogens with zero attached hydrogens (tertiary/aromatic N) is 1. The van der Waals surface area contributed by atoms with Crippen molar-refractivity contribution in [3.8, 4) is 5.75 Å². The molecule has 1 aromatic rings. The van der Waals surface area contributed by atoms with E-state index >= 15 is 0 Å². The predicted octanol–water partition coefficient (Wildman–Crippen LogP) is 3.03. The second kappa shape index (κ2) is 6.60. The maximum atomic E-state index is 12.4. The van der Waals surface area contributed by atoms with Crippen LogP contribution in [0.15, 0.2) is 29.9 Å². The largest absolute Gasteiger partial charge is 0.496 e. The minimum atomic E-state index is -0.248. The van der Waals surface area contributed by atoms with E-state index in [0.717, 1.165) is 22.4 Å². The Kier molecular flexibility index (Phi) is 4.81. The summed E-state index contributed by atoms with van der Waals surface area (Å²) in [7, 11) is 1.63. The Labute approximate surface area is 131 Å². The van der Waals surface area contributed by atoms with Crippen LogP contribution in [0.25, 0.3) is 6.08 Å². The van der Waals surface area contributed by atoms with Gasteiger partial charge in [0.25, 0.3) is 11.8 Å². The molecule has 0 saturated heterocycles. The summed E-state index contributed by atoms with van der Waals surface area (Å²) in [6.07, 6.45) is 5.75. The summed E-state index contributed by atoms with van der Waals surface area (Å²) < 4.78 is 5.35. The van der Waals surface area contributed by atoms with Crippen LogP contribution in [0.5, 0.6) is 5.75 Å². The van der Waals surface area contributed by atoms with Gasteiger partial charge in [-0.2, -0.15) is 0 Å². The maximum absolute atomic E-state index is 12.4. The Hall–Kier alpha value is -2.36. The average molecular weight is 299 g/mol. The van der Waals surface area contributed by atoms with Gasteiger partial charge in [0.05, 0.1) is 7.11 Å². The summed E-state index contributed by atoms with van der Waals surface area (Å²) in [6.45, 7) is 6.18. The highest BCUT2D eigenvalue weighted by Gasteiger charge is 2.22. The number of carbonyl (C=O) groups excluding carboxylic acids is 2. The molecular formula is C18H21NO3. The van der Waals surface area contributed by atoms with Crippen LogP contribution in [0, 0.1) is 13.8 Å². The molecule has 0 radical (unpaired) electrons. The molecule has 0 fully saturated rings. The molecule has 0 aromatic heterocycles. The van der Waals surface area contributed by atoms with Gasteiger partial charge >= 0.3 is 0 Å². The lowest BCUT2D eigenvalue weighted by Gasteiger charge is -2.21. The fraction of sp³-hybridized carbons (Fsp3) is 0.333. The first-order valence-corrected chi connectivity index (χ1v) is 7.30. The summed E-state index contributed by atoms with van der Waals surface area (Å²) in [5, 5.41) is 0. The maximum Gasteiger partial charge on any atom is 0.256 e. The van der Waals surface area contributed by atoms with Crippen molar-refractivity contribution in [2.75, 3.05) is 13.7 Å². The molecule has 0 aliphatic carbocycles. The van der Waals surface area contributed by atoms with Crippen LogP contribution in [-0.2, 0) is 9.59 Å². The molecule has 1 aliphatic rings. The minimum Gasteiger partial charge on any atom is -0.496 e. The van der Waals surface area contributed by atoms with E-state index in [1.54, 1.807) is 26.2 Å². The van der Waals surface area contributed by atoms with Gasteiger partial charge in [0.1, 0.15) is 5.75 Å². The molecule has 0 atom stereocenters. The van der Waals surface area contributed by atoms with Crippen LogP contribution in [-0.4, -0.2) is 30.4 Å². The number of rotatable bonds is 3. The lowest BCUT2D eigenvalue weighted by atomic mass is 10.0. The van der Waals surface area contributed by atoms with Gasteiger partial charge in [0, 0.05) is 12.1 Å². The molecule has 1 heterocycles. The van der Waals surface area contributed by atoms with Gasteiger partial charge in [-0.25, -0.2) is 0 Å². The number of ether oxygens (including phenoxy) is 1. The quantitative estimate of drug-likeness (QED) is 0.806. The van der Waals surface area contributed by atoms with E-state index in [1.807, 2.05) is 26.0 Å². The van der Waals surface area contributed by atoms with Gasteiger partial charge in [-0.15, -0.1) is 0 Å². The number of carbonyl (C=O) groups is 2. The molecule has 0 bridgehead atoms. The SMILES string of the molecule is COc1cc(/C=C(\C)C(=O)N2CCC=CC2=O)cc(C)c1C. The smallest absolute Gasteiger partial charge is 0.256 e. The molecule has 1 aromatic carbocycles. The molecular weight excluding hydrogens is 278 g/mol. The first kappa shape index (κ1) is 16.0. The number of imide groups is 1. The Bertz CT molecular complexity index is 671. The standard InChI is InChI=1S/C18H21NO3/c1-12-9-15(11-16(22-4)14(12)3)10-13(2)18(21)19-8-6-5-7-17(19)20/h5,7,9-11H,6,8H2,1-4H3/b13-10+. The molecule has 22 heavy (non-hydrogen) atoms. The third-order valence-electron chi connectivity index (χ3n) is 3.87. The normalized spacial score (nSPS) is 15.2. The second-order valence-electron chi connectivity index (χ2n) is 5.48. The fourth-order valence-electron chi connectivity index (χ4n) is 2.46. The zero-order valence-corrected chi connectivity index (χ0v) is 13.5. The van der Waals surface area contributed by atoms with Gasteiger partial charge in [0.15, 0.2) is 0 Å². The summed E-state index contributed by atoms with van der Waals surface area (Å²) in [6, 6.07) is 3.91.